The molecule has 1 amide bonds. The van der Waals surface area contributed by atoms with E-state index in [2.05, 4.69) is 26.2 Å². The predicted molar refractivity (Wildman–Crippen MR) is 106 cm³/mol. The van der Waals surface area contributed by atoms with Gasteiger partial charge in [0.15, 0.2) is 5.13 Å². The zero-order valence-electron chi connectivity index (χ0n) is 14.7. The number of anilines is 1. The number of aryl methyl sites for hydroxylation is 1. The second-order valence-corrected chi connectivity index (χ2v) is 7.40. The molecule has 8 heteroatoms. The van der Waals surface area contributed by atoms with Gasteiger partial charge in [0.05, 0.1) is 31.6 Å². The van der Waals surface area contributed by atoms with Crippen LogP contribution in [-0.4, -0.2) is 32.2 Å². The maximum atomic E-state index is 12.8. The molecule has 1 aromatic heterocycles. The van der Waals surface area contributed by atoms with Crippen molar-refractivity contribution in [3.63, 3.8) is 0 Å². The molecule has 2 aromatic carbocycles. The first kappa shape index (κ1) is 18.5. The minimum absolute atomic E-state index is 0.295. The van der Waals surface area contributed by atoms with Gasteiger partial charge < -0.3 is 14.2 Å². The van der Waals surface area contributed by atoms with Crippen molar-refractivity contribution < 1.29 is 19.0 Å². The van der Waals surface area contributed by atoms with Gasteiger partial charge >= 0.3 is 0 Å². The van der Waals surface area contributed by atoms with Crippen molar-refractivity contribution in [1.29, 1.82) is 0 Å². The number of rotatable bonds is 5. The second kappa shape index (κ2) is 7.51. The molecule has 6 nitrogen and oxygen atoms in total. The van der Waals surface area contributed by atoms with Crippen LogP contribution in [0.1, 0.15) is 15.9 Å². The number of ether oxygens (including phenoxy) is 3. The van der Waals surface area contributed by atoms with Crippen LogP contribution in [-0.2, 0) is 0 Å². The highest BCUT2D eigenvalue weighted by atomic mass is 79.9. The van der Waals surface area contributed by atoms with Crippen molar-refractivity contribution in [2.75, 3.05) is 26.6 Å². The molecule has 0 radical (unpaired) electrons. The predicted octanol–water partition coefficient (Wildman–Crippen LogP) is 4.65. The highest BCUT2D eigenvalue weighted by Gasteiger charge is 2.18. The summed E-state index contributed by atoms with van der Waals surface area (Å²) in [6.07, 6.45) is 0. The first-order chi connectivity index (χ1) is 12.5. The third-order valence-electron chi connectivity index (χ3n) is 3.80. The van der Waals surface area contributed by atoms with Gasteiger partial charge in [0.25, 0.3) is 5.91 Å². The van der Waals surface area contributed by atoms with Crippen LogP contribution in [0, 0.1) is 6.92 Å². The monoisotopic (exact) mass is 436 g/mol. The molecule has 26 heavy (non-hydrogen) atoms. The summed E-state index contributed by atoms with van der Waals surface area (Å²) in [4.78, 5) is 17.2. The summed E-state index contributed by atoms with van der Waals surface area (Å²) < 4.78 is 17.7. The van der Waals surface area contributed by atoms with Crippen LogP contribution in [0.25, 0.3) is 10.2 Å². The largest absolute Gasteiger partial charge is 0.497 e. The molecular formula is C18H17BrN2O4S. The van der Waals surface area contributed by atoms with Crippen LogP contribution in [0.3, 0.4) is 0 Å². The first-order valence-corrected chi connectivity index (χ1v) is 9.25. The van der Waals surface area contributed by atoms with Crippen LogP contribution < -0.4 is 19.5 Å². The van der Waals surface area contributed by atoms with Crippen molar-refractivity contribution in [2.45, 2.75) is 6.92 Å². The van der Waals surface area contributed by atoms with Gasteiger partial charge in [-0.25, -0.2) is 4.98 Å². The number of carbonyl (C=O) groups is 1. The molecule has 1 N–H and O–H groups in total. The molecule has 3 aromatic rings. The number of thiazole rings is 1. The van der Waals surface area contributed by atoms with Crippen molar-refractivity contribution in [2.24, 2.45) is 0 Å². The summed E-state index contributed by atoms with van der Waals surface area (Å²) in [5.74, 6) is 1.49. The zero-order valence-corrected chi connectivity index (χ0v) is 17.1. The Balaban J connectivity index is 1.98. The number of carbonyl (C=O) groups excluding carboxylic acids is 1. The molecule has 1 heterocycles. The average Bonchev–Trinajstić information content (AvgIpc) is 3.02. The van der Waals surface area contributed by atoms with E-state index in [4.69, 9.17) is 14.2 Å². The van der Waals surface area contributed by atoms with Crippen LogP contribution in [0.4, 0.5) is 5.13 Å². The number of fused-ring (bicyclic) bond motifs is 1. The maximum Gasteiger partial charge on any atom is 0.261 e. The van der Waals surface area contributed by atoms with Crippen molar-refractivity contribution in [1.82, 2.24) is 4.98 Å². The van der Waals surface area contributed by atoms with Gasteiger partial charge in [-0.05, 0) is 30.7 Å². The lowest BCUT2D eigenvalue weighted by Crippen LogP contribution is -2.13. The van der Waals surface area contributed by atoms with Crippen molar-refractivity contribution >= 4 is 48.5 Å². The Labute approximate surface area is 163 Å². The lowest BCUT2D eigenvalue weighted by Gasteiger charge is -2.11. The van der Waals surface area contributed by atoms with E-state index in [1.54, 1.807) is 33.5 Å². The fraction of sp³-hybridized carbons (Fsp3) is 0.222. The molecule has 0 spiro atoms. The lowest BCUT2D eigenvalue weighted by molar-refractivity contribution is 0.102. The van der Waals surface area contributed by atoms with E-state index >= 15 is 0 Å². The molecule has 0 bridgehead atoms. The van der Waals surface area contributed by atoms with E-state index < -0.39 is 0 Å². The van der Waals surface area contributed by atoms with Crippen LogP contribution in [0.15, 0.2) is 28.7 Å². The number of nitrogens with one attached hydrogen (secondary N) is 1. The summed E-state index contributed by atoms with van der Waals surface area (Å²) in [6.45, 7) is 1.88. The third kappa shape index (κ3) is 3.47. The van der Waals surface area contributed by atoms with Gasteiger partial charge in [0.1, 0.15) is 22.8 Å². The van der Waals surface area contributed by atoms with Gasteiger partial charge in [0, 0.05) is 10.5 Å². The molecule has 0 atom stereocenters. The number of hydrogen-bond acceptors (Lipinski definition) is 6. The Bertz CT molecular complexity index is 987. The lowest BCUT2D eigenvalue weighted by atomic mass is 10.1. The number of amides is 1. The minimum Gasteiger partial charge on any atom is -0.497 e. The maximum absolute atomic E-state index is 12.8. The third-order valence-corrected chi connectivity index (χ3v) is 5.17. The van der Waals surface area contributed by atoms with Gasteiger partial charge in [-0.3, -0.25) is 10.1 Å². The standard InChI is InChI=1S/C18H17BrN2O4S/c1-9-5-10(19)6-12(16(9)25-4)17(22)21-18-20-15-13(24-3)7-11(23-2)8-14(15)26-18/h5-8H,1-4H3,(H,20,21,22). The van der Waals surface area contributed by atoms with Crippen LogP contribution in [0.5, 0.6) is 17.2 Å². The molecule has 136 valence electrons. The smallest absolute Gasteiger partial charge is 0.261 e. The van der Waals surface area contributed by atoms with E-state index in [9.17, 15) is 4.79 Å². The molecule has 0 fully saturated rings. The molecule has 0 saturated carbocycles. The topological polar surface area (TPSA) is 69.7 Å². The summed E-state index contributed by atoms with van der Waals surface area (Å²) >= 11 is 4.76. The summed E-state index contributed by atoms with van der Waals surface area (Å²) in [6, 6.07) is 7.23. The first-order valence-electron chi connectivity index (χ1n) is 7.65. The summed E-state index contributed by atoms with van der Waals surface area (Å²) in [5.41, 5.74) is 1.97. The summed E-state index contributed by atoms with van der Waals surface area (Å²) in [7, 11) is 4.70. The normalized spacial score (nSPS) is 10.7. The van der Waals surface area contributed by atoms with Crippen molar-refractivity contribution in [3.8, 4) is 17.2 Å². The number of benzene rings is 2. The van der Waals surface area contributed by atoms with Gasteiger partial charge in [-0.1, -0.05) is 27.3 Å². The Kier molecular flexibility index (Phi) is 5.33. The Morgan fingerprint density at radius 2 is 1.88 bits per heavy atom. The molecule has 3 rings (SSSR count). The minimum atomic E-state index is -0.295. The van der Waals surface area contributed by atoms with Gasteiger partial charge in [-0.15, -0.1) is 0 Å². The number of hydrogen-bond donors (Lipinski definition) is 1. The average molecular weight is 437 g/mol. The Morgan fingerprint density at radius 3 is 2.54 bits per heavy atom. The number of halogens is 1. The zero-order chi connectivity index (χ0) is 18.8. The SMILES string of the molecule is COc1cc(OC)c2nc(NC(=O)c3cc(Br)cc(C)c3OC)sc2c1. The van der Waals surface area contributed by atoms with Crippen molar-refractivity contribution in [3.05, 3.63) is 39.9 Å². The van der Waals surface area contributed by atoms with E-state index in [0.29, 0.717) is 33.5 Å². The second-order valence-electron chi connectivity index (χ2n) is 5.45. The molecule has 0 aliphatic heterocycles. The quantitative estimate of drug-likeness (QED) is 0.630. The van der Waals surface area contributed by atoms with E-state index in [1.807, 2.05) is 19.1 Å². The van der Waals surface area contributed by atoms with Crippen LogP contribution >= 0.6 is 27.3 Å². The molecule has 0 saturated heterocycles. The highest BCUT2D eigenvalue weighted by molar-refractivity contribution is 9.10. The van der Waals surface area contributed by atoms with E-state index in [0.717, 1.165) is 14.7 Å². The fourth-order valence-electron chi connectivity index (χ4n) is 2.64. The molecule has 0 aliphatic carbocycles. The van der Waals surface area contributed by atoms with Gasteiger partial charge in [-0.2, -0.15) is 0 Å². The number of methoxy groups -OCH3 is 3. The Morgan fingerprint density at radius 1 is 1.12 bits per heavy atom. The highest BCUT2D eigenvalue weighted by Crippen LogP contribution is 2.37. The summed E-state index contributed by atoms with van der Waals surface area (Å²) in [5, 5.41) is 3.31. The van der Waals surface area contributed by atoms with E-state index in [-0.39, 0.29) is 5.91 Å². The molecular weight excluding hydrogens is 420 g/mol. The number of nitrogens with zero attached hydrogens (tertiary/aromatic N) is 1. The van der Waals surface area contributed by atoms with Crippen LogP contribution in [0.2, 0.25) is 0 Å². The molecule has 0 aliphatic rings. The van der Waals surface area contributed by atoms with E-state index in [1.165, 1.54) is 11.3 Å². The fourth-order valence-corrected chi connectivity index (χ4v) is 4.11. The Hall–Kier alpha value is -2.32. The van der Waals surface area contributed by atoms with Gasteiger partial charge in [0.2, 0.25) is 0 Å². The molecule has 0 unspecified atom stereocenters. The number of aromatic nitrogens is 1.